The summed E-state index contributed by atoms with van der Waals surface area (Å²) >= 11 is 0. The molecular weight excluding hydrogens is 228 g/mol. The number of ketones is 1. The number of benzene rings is 2. The van der Waals surface area contributed by atoms with Crippen molar-refractivity contribution < 1.29 is 14.3 Å². The highest BCUT2D eigenvalue weighted by Gasteiger charge is 2.27. The van der Waals surface area contributed by atoms with E-state index < -0.39 is 6.29 Å². The highest BCUT2D eigenvalue weighted by Crippen LogP contribution is 2.28. The molecule has 0 radical (unpaired) electrons. The van der Waals surface area contributed by atoms with Crippen molar-refractivity contribution in [2.45, 2.75) is 12.7 Å². The normalized spacial score (nSPS) is 17.8. The van der Waals surface area contributed by atoms with Crippen LogP contribution in [0.3, 0.4) is 0 Å². The smallest absolute Gasteiger partial charge is 0.248 e. The van der Waals surface area contributed by atoms with E-state index in [9.17, 15) is 4.79 Å². The highest BCUT2D eigenvalue weighted by atomic mass is 16.7. The van der Waals surface area contributed by atoms with E-state index in [1.807, 2.05) is 42.5 Å². The van der Waals surface area contributed by atoms with Crippen molar-refractivity contribution in [3.05, 3.63) is 60.2 Å². The van der Waals surface area contributed by atoms with Crippen LogP contribution in [0.4, 0.5) is 0 Å². The molecule has 0 bridgehead atoms. The third-order valence-electron chi connectivity index (χ3n) is 2.81. The average Bonchev–Trinajstić information content (AvgIpc) is 2.40. The Morgan fingerprint density at radius 1 is 1.00 bits per heavy atom. The standard InChI is InChI=1S/C15H12O3/c16-13-10-15(17-11-6-2-1-3-7-11)18-14-9-5-4-8-12(13)14/h1-9,15H,10H2. The fourth-order valence-corrected chi connectivity index (χ4v) is 1.96. The van der Waals surface area contributed by atoms with Gasteiger partial charge >= 0.3 is 0 Å². The van der Waals surface area contributed by atoms with Crippen LogP contribution in [0.25, 0.3) is 0 Å². The molecule has 3 rings (SSSR count). The Morgan fingerprint density at radius 2 is 1.72 bits per heavy atom. The molecule has 0 saturated carbocycles. The second-order valence-corrected chi connectivity index (χ2v) is 4.10. The molecule has 0 aliphatic carbocycles. The van der Waals surface area contributed by atoms with Crippen molar-refractivity contribution in [2.24, 2.45) is 0 Å². The first-order chi connectivity index (χ1) is 8.83. The maximum atomic E-state index is 11.9. The van der Waals surface area contributed by atoms with E-state index in [1.54, 1.807) is 12.1 Å². The lowest BCUT2D eigenvalue weighted by Crippen LogP contribution is -2.31. The number of hydrogen-bond acceptors (Lipinski definition) is 3. The summed E-state index contributed by atoms with van der Waals surface area (Å²) in [5.74, 6) is 1.35. The summed E-state index contributed by atoms with van der Waals surface area (Å²) in [5, 5.41) is 0. The third-order valence-corrected chi connectivity index (χ3v) is 2.81. The van der Waals surface area contributed by atoms with Crippen LogP contribution in [0.2, 0.25) is 0 Å². The summed E-state index contributed by atoms with van der Waals surface area (Å²) in [6, 6.07) is 16.6. The number of carbonyl (C=O) groups excluding carboxylic acids is 1. The van der Waals surface area contributed by atoms with Crippen LogP contribution in [0, 0.1) is 0 Å². The zero-order valence-electron chi connectivity index (χ0n) is 9.71. The van der Waals surface area contributed by atoms with Crippen LogP contribution in [0.5, 0.6) is 11.5 Å². The van der Waals surface area contributed by atoms with Crippen molar-refractivity contribution in [2.75, 3.05) is 0 Å². The summed E-state index contributed by atoms with van der Waals surface area (Å²) in [6.07, 6.45) is -0.305. The molecule has 0 fully saturated rings. The summed E-state index contributed by atoms with van der Waals surface area (Å²) in [4.78, 5) is 11.9. The minimum Gasteiger partial charge on any atom is -0.454 e. The summed E-state index contributed by atoms with van der Waals surface area (Å²) in [7, 11) is 0. The predicted molar refractivity (Wildman–Crippen MR) is 66.9 cm³/mol. The molecule has 1 aliphatic rings. The van der Waals surface area contributed by atoms with E-state index in [0.717, 1.165) is 0 Å². The third kappa shape index (κ3) is 2.07. The zero-order chi connectivity index (χ0) is 12.4. The predicted octanol–water partition coefficient (Wildman–Crippen LogP) is 3.06. The van der Waals surface area contributed by atoms with Gasteiger partial charge in [-0.25, -0.2) is 0 Å². The molecule has 1 unspecified atom stereocenters. The fraction of sp³-hybridized carbons (Fsp3) is 0.133. The molecule has 1 heterocycles. The van der Waals surface area contributed by atoms with E-state index in [-0.39, 0.29) is 12.2 Å². The molecule has 1 atom stereocenters. The van der Waals surface area contributed by atoms with Gasteiger partial charge in [0.25, 0.3) is 0 Å². The first kappa shape index (κ1) is 10.8. The SMILES string of the molecule is O=C1CC(Oc2ccccc2)Oc2ccccc21. The molecule has 0 aromatic heterocycles. The minimum absolute atomic E-state index is 0.0535. The Balaban J connectivity index is 1.80. The molecule has 0 saturated heterocycles. The van der Waals surface area contributed by atoms with Crippen LogP contribution < -0.4 is 9.47 Å². The average molecular weight is 240 g/mol. The first-order valence-corrected chi connectivity index (χ1v) is 5.83. The van der Waals surface area contributed by atoms with Crippen molar-refractivity contribution in [3.8, 4) is 11.5 Å². The van der Waals surface area contributed by atoms with Crippen LogP contribution in [-0.4, -0.2) is 12.1 Å². The van der Waals surface area contributed by atoms with Gasteiger partial charge in [0.05, 0.1) is 12.0 Å². The molecule has 0 spiro atoms. The van der Waals surface area contributed by atoms with Gasteiger partial charge in [-0.2, -0.15) is 0 Å². The lowest BCUT2D eigenvalue weighted by Gasteiger charge is -2.25. The monoisotopic (exact) mass is 240 g/mol. The van der Waals surface area contributed by atoms with Crippen molar-refractivity contribution >= 4 is 5.78 Å². The van der Waals surface area contributed by atoms with E-state index in [1.165, 1.54) is 0 Å². The van der Waals surface area contributed by atoms with Gasteiger partial charge in [0.1, 0.15) is 11.5 Å². The summed E-state index contributed by atoms with van der Waals surface area (Å²) in [6.45, 7) is 0. The van der Waals surface area contributed by atoms with Gasteiger partial charge in [0, 0.05) is 0 Å². The molecule has 2 aromatic carbocycles. The maximum Gasteiger partial charge on any atom is 0.248 e. The Kier molecular flexibility index (Phi) is 2.73. The van der Waals surface area contributed by atoms with Crippen molar-refractivity contribution in [1.82, 2.24) is 0 Å². The largest absolute Gasteiger partial charge is 0.454 e. The Labute approximate surface area is 105 Å². The van der Waals surface area contributed by atoms with E-state index >= 15 is 0 Å². The minimum atomic E-state index is -0.546. The second kappa shape index (κ2) is 4.53. The maximum absolute atomic E-state index is 11.9. The lowest BCUT2D eigenvalue weighted by molar-refractivity contribution is -0.00464. The molecule has 2 aromatic rings. The number of fused-ring (bicyclic) bond motifs is 1. The van der Waals surface area contributed by atoms with Gasteiger partial charge in [-0.3, -0.25) is 4.79 Å². The molecule has 1 aliphatic heterocycles. The van der Waals surface area contributed by atoms with Gasteiger partial charge in [0.2, 0.25) is 6.29 Å². The molecule has 18 heavy (non-hydrogen) atoms. The van der Waals surface area contributed by atoms with Crippen molar-refractivity contribution in [1.29, 1.82) is 0 Å². The van der Waals surface area contributed by atoms with Gasteiger partial charge in [-0.1, -0.05) is 30.3 Å². The molecule has 0 N–H and O–H groups in total. The van der Waals surface area contributed by atoms with Crippen LogP contribution in [-0.2, 0) is 0 Å². The Hall–Kier alpha value is -2.29. The number of rotatable bonds is 2. The first-order valence-electron chi connectivity index (χ1n) is 5.83. The fourth-order valence-electron chi connectivity index (χ4n) is 1.96. The Morgan fingerprint density at radius 3 is 2.56 bits per heavy atom. The molecule has 3 nitrogen and oxygen atoms in total. The molecule has 90 valence electrons. The number of carbonyl (C=O) groups is 1. The van der Waals surface area contributed by atoms with Gasteiger partial charge in [-0.15, -0.1) is 0 Å². The molecule has 3 heteroatoms. The second-order valence-electron chi connectivity index (χ2n) is 4.10. The quantitative estimate of drug-likeness (QED) is 0.809. The van der Waals surface area contributed by atoms with Crippen molar-refractivity contribution in [3.63, 3.8) is 0 Å². The lowest BCUT2D eigenvalue weighted by atomic mass is 10.0. The molecular formula is C15H12O3. The van der Waals surface area contributed by atoms with E-state index in [0.29, 0.717) is 17.1 Å². The number of hydrogen-bond donors (Lipinski definition) is 0. The van der Waals surface area contributed by atoms with Gasteiger partial charge in [0.15, 0.2) is 5.78 Å². The summed E-state index contributed by atoms with van der Waals surface area (Å²) in [5.41, 5.74) is 0.630. The highest BCUT2D eigenvalue weighted by molar-refractivity contribution is 5.99. The zero-order valence-corrected chi connectivity index (χ0v) is 9.71. The van der Waals surface area contributed by atoms with Crippen LogP contribution >= 0.6 is 0 Å². The molecule has 0 amide bonds. The van der Waals surface area contributed by atoms with E-state index in [4.69, 9.17) is 9.47 Å². The Bertz CT molecular complexity index is 563. The number of para-hydroxylation sites is 2. The number of Topliss-reactive ketones (excluding diaryl/α,β-unsaturated/α-hetero) is 1. The van der Waals surface area contributed by atoms with Crippen LogP contribution in [0.1, 0.15) is 16.8 Å². The summed E-state index contributed by atoms with van der Waals surface area (Å²) < 4.78 is 11.3. The van der Waals surface area contributed by atoms with E-state index in [2.05, 4.69) is 0 Å². The topological polar surface area (TPSA) is 35.5 Å². The number of ether oxygens (including phenoxy) is 2. The van der Waals surface area contributed by atoms with Gasteiger partial charge < -0.3 is 9.47 Å². The van der Waals surface area contributed by atoms with Gasteiger partial charge in [-0.05, 0) is 24.3 Å². The van der Waals surface area contributed by atoms with Crippen LogP contribution in [0.15, 0.2) is 54.6 Å².